The summed E-state index contributed by atoms with van der Waals surface area (Å²) in [6, 6.07) is 0.0360. The lowest BCUT2D eigenvalue weighted by molar-refractivity contribution is 0.392. The van der Waals surface area contributed by atoms with Crippen LogP contribution in [0.1, 0.15) is 12.6 Å². The summed E-state index contributed by atoms with van der Waals surface area (Å²) in [7, 11) is 1.63. The van der Waals surface area contributed by atoms with Gasteiger partial charge < -0.3 is 4.74 Å². The lowest BCUT2D eigenvalue weighted by Gasteiger charge is -2.07. The van der Waals surface area contributed by atoms with Crippen LogP contribution in [-0.4, -0.2) is 22.5 Å². The standard InChI is InChI=1S/C11H13N3OS/c1-4-8(2)12-7-9-10(15-3)13-11-14(9)5-6-16-11/h1,5-6,8,12H,7H2,2-3H3. The van der Waals surface area contributed by atoms with Crippen LogP contribution in [0, 0.1) is 12.3 Å². The van der Waals surface area contributed by atoms with Crippen molar-refractivity contribution >= 4 is 16.3 Å². The Kier molecular flexibility index (Phi) is 3.13. The highest BCUT2D eigenvalue weighted by atomic mass is 32.1. The van der Waals surface area contributed by atoms with Crippen molar-refractivity contribution in [2.45, 2.75) is 19.5 Å². The van der Waals surface area contributed by atoms with Gasteiger partial charge in [-0.05, 0) is 6.92 Å². The van der Waals surface area contributed by atoms with E-state index in [1.807, 2.05) is 22.9 Å². The molecule has 2 rings (SSSR count). The van der Waals surface area contributed by atoms with Crippen molar-refractivity contribution in [2.75, 3.05) is 7.11 Å². The zero-order valence-electron chi connectivity index (χ0n) is 9.23. The van der Waals surface area contributed by atoms with E-state index in [2.05, 4.69) is 16.2 Å². The van der Waals surface area contributed by atoms with Gasteiger partial charge in [0.25, 0.3) is 0 Å². The van der Waals surface area contributed by atoms with Crippen LogP contribution in [0.15, 0.2) is 11.6 Å². The van der Waals surface area contributed by atoms with Gasteiger partial charge in [0.15, 0.2) is 4.96 Å². The van der Waals surface area contributed by atoms with Crippen LogP contribution in [0.25, 0.3) is 4.96 Å². The van der Waals surface area contributed by atoms with Crippen LogP contribution in [0.5, 0.6) is 5.88 Å². The van der Waals surface area contributed by atoms with Crippen LogP contribution in [0.2, 0.25) is 0 Å². The average Bonchev–Trinajstić information content (AvgIpc) is 2.85. The maximum atomic E-state index is 5.31. The summed E-state index contributed by atoms with van der Waals surface area (Å²) in [4.78, 5) is 5.29. The zero-order valence-corrected chi connectivity index (χ0v) is 10.0. The molecule has 0 aliphatic rings. The fourth-order valence-corrected chi connectivity index (χ4v) is 2.17. The minimum atomic E-state index is 0.0360. The van der Waals surface area contributed by atoms with Gasteiger partial charge in [-0.25, -0.2) is 0 Å². The Bertz CT molecular complexity index is 523. The van der Waals surface area contributed by atoms with Gasteiger partial charge in [-0.2, -0.15) is 4.98 Å². The van der Waals surface area contributed by atoms with Gasteiger partial charge in [0.05, 0.1) is 13.2 Å². The quantitative estimate of drug-likeness (QED) is 0.817. The molecule has 16 heavy (non-hydrogen) atoms. The molecule has 0 aromatic carbocycles. The first kappa shape index (κ1) is 11.0. The monoisotopic (exact) mass is 235 g/mol. The van der Waals surface area contributed by atoms with Crippen molar-refractivity contribution in [3.63, 3.8) is 0 Å². The summed E-state index contributed by atoms with van der Waals surface area (Å²) in [6.07, 6.45) is 7.29. The third-order valence-electron chi connectivity index (χ3n) is 2.34. The zero-order chi connectivity index (χ0) is 11.5. The summed E-state index contributed by atoms with van der Waals surface area (Å²) in [5.41, 5.74) is 1.00. The number of fused-ring (bicyclic) bond motifs is 1. The highest BCUT2D eigenvalue weighted by molar-refractivity contribution is 7.15. The first-order valence-corrected chi connectivity index (χ1v) is 5.82. The van der Waals surface area contributed by atoms with Gasteiger partial charge in [0.1, 0.15) is 5.69 Å². The maximum absolute atomic E-state index is 5.31. The normalized spacial score (nSPS) is 12.6. The first-order valence-electron chi connectivity index (χ1n) is 4.94. The van der Waals surface area contributed by atoms with Crippen molar-refractivity contribution < 1.29 is 4.74 Å². The highest BCUT2D eigenvalue weighted by Crippen LogP contribution is 2.22. The Morgan fingerprint density at radius 2 is 2.56 bits per heavy atom. The minimum absolute atomic E-state index is 0.0360. The second-order valence-corrected chi connectivity index (χ2v) is 4.27. The number of nitrogens with one attached hydrogen (secondary N) is 1. The van der Waals surface area contributed by atoms with Gasteiger partial charge in [0, 0.05) is 18.1 Å². The molecule has 1 unspecified atom stereocenters. The van der Waals surface area contributed by atoms with E-state index >= 15 is 0 Å². The molecule has 0 spiro atoms. The smallest absolute Gasteiger partial charge is 0.237 e. The number of hydrogen-bond acceptors (Lipinski definition) is 4. The fraction of sp³-hybridized carbons (Fsp3) is 0.364. The van der Waals surface area contributed by atoms with E-state index < -0.39 is 0 Å². The third-order valence-corrected chi connectivity index (χ3v) is 3.10. The Morgan fingerprint density at radius 3 is 3.25 bits per heavy atom. The van der Waals surface area contributed by atoms with Crippen molar-refractivity contribution in [3.8, 4) is 18.2 Å². The van der Waals surface area contributed by atoms with Gasteiger partial charge in [-0.1, -0.05) is 5.92 Å². The summed E-state index contributed by atoms with van der Waals surface area (Å²) in [5.74, 6) is 3.28. The van der Waals surface area contributed by atoms with Crippen molar-refractivity contribution in [3.05, 3.63) is 17.3 Å². The lowest BCUT2D eigenvalue weighted by Crippen LogP contribution is -2.24. The molecule has 0 amide bonds. The van der Waals surface area contributed by atoms with Crippen molar-refractivity contribution in [1.82, 2.24) is 14.7 Å². The second-order valence-electron chi connectivity index (χ2n) is 3.39. The molecule has 4 nitrogen and oxygen atoms in total. The molecule has 1 atom stereocenters. The molecule has 2 aromatic heterocycles. The van der Waals surface area contributed by atoms with Gasteiger partial charge in [0.2, 0.25) is 5.88 Å². The SMILES string of the molecule is C#CC(C)NCc1c(OC)nc2sccn12. The van der Waals surface area contributed by atoms with Crippen LogP contribution in [0.3, 0.4) is 0 Å². The molecule has 0 radical (unpaired) electrons. The van der Waals surface area contributed by atoms with E-state index in [-0.39, 0.29) is 6.04 Å². The molecule has 1 N–H and O–H groups in total. The molecule has 0 bridgehead atoms. The molecule has 2 aromatic rings. The number of rotatable bonds is 4. The molecular weight excluding hydrogens is 222 g/mol. The van der Waals surface area contributed by atoms with Crippen LogP contribution < -0.4 is 10.1 Å². The Morgan fingerprint density at radius 1 is 1.75 bits per heavy atom. The summed E-state index contributed by atoms with van der Waals surface area (Å²) in [6.45, 7) is 2.59. The van der Waals surface area contributed by atoms with E-state index in [0.29, 0.717) is 12.4 Å². The molecule has 2 heterocycles. The third kappa shape index (κ3) is 1.90. The number of terminal acetylenes is 1. The van der Waals surface area contributed by atoms with E-state index in [1.54, 1.807) is 18.4 Å². The molecule has 5 heteroatoms. The summed E-state index contributed by atoms with van der Waals surface area (Å²) < 4.78 is 7.25. The summed E-state index contributed by atoms with van der Waals surface area (Å²) >= 11 is 1.58. The number of thiazole rings is 1. The molecule has 0 aliphatic heterocycles. The molecule has 84 valence electrons. The van der Waals surface area contributed by atoms with Gasteiger partial charge in [-0.3, -0.25) is 9.72 Å². The second kappa shape index (κ2) is 4.56. The number of nitrogens with zero attached hydrogens (tertiary/aromatic N) is 2. The number of methoxy groups -OCH3 is 1. The fourth-order valence-electron chi connectivity index (χ4n) is 1.45. The topological polar surface area (TPSA) is 38.6 Å². The van der Waals surface area contributed by atoms with Gasteiger partial charge >= 0.3 is 0 Å². The number of ether oxygens (including phenoxy) is 1. The largest absolute Gasteiger partial charge is 0.480 e. The van der Waals surface area contributed by atoms with E-state index in [9.17, 15) is 0 Å². The molecule has 0 saturated heterocycles. The van der Waals surface area contributed by atoms with Crippen molar-refractivity contribution in [1.29, 1.82) is 0 Å². The van der Waals surface area contributed by atoms with Crippen molar-refractivity contribution in [2.24, 2.45) is 0 Å². The molecule has 0 fully saturated rings. The maximum Gasteiger partial charge on any atom is 0.237 e. The highest BCUT2D eigenvalue weighted by Gasteiger charge is 2.13. The van der Waals surface area contributed by atoms with Crippen LogP contribution in [0.4, 0.5) is 0 Å². The molecule has 0 aliphatic carbocycles. The van der Waals surface area contributed by atoms with Crippen LogP contribution >= 0.6 is 11.3 Å². The Labute approximate surface area is 98.3 Å². The minimum Gasteiger partial charge on any atom is -0.480 e. The number of hydrogen-bond donors (Lipinski definition) is 1. The first-order chi connectivity index (χ1) is 7.76. The number of imidazole rings is 1. The molecule has 0 saturated carbocycles. The Hall–Kier alpha value is -1.51. The predicted molar refractivity (Wildman–Crippen MR) is 64.8 cm³/mol. The van der Waals surface area contributed by atoms with E-state index in [0.717, 1.165) is 10.7 Å². The van der Waals surface area contributed by atoms with Crippen LogP contribution in [-0.2, 0) is 6.54 Å². The Balaban J connectivity index is 2.27. The van der Waals surface area contributed by atoms with E-state index in [4.69, 9.17) is 11.2 Å². The average molecular weight is 235 g/mol. The molecular formula is C11H13N3OS. The number of aromatic nitrogens is 2. The van der Waals surface area contributed by atoms with Gasteiger partial charge in [-0.15, -0.1) is 17.8 Å². The predicted octanol–water partition coefficient (Wildman–Crippen LogP) is 1.52. The van der Waals surface area contributed by atoms with E-state index in [1.165, 1.54) is 0 Å². The lowest BCUT2D eigenvalue weighted by atomic mass is 10.3. The summed E-state index contributed by atoms with van der Waals surface area (Å²) in [5, 5.41) is 5.21.